The number of unbranched alkanes of at least 4 members (excludes halogenated alkanes) is 3. The van der Waals surface area contributed by atoms with Crippen molar-refractivity contribution in [1.29, 1.82) is 0 Å². The van der Waals surface area contributed by atoms with Crippen LogP contribution in [0.15, 0.2) is 51.9 Å². The highest BCUT2D eigenvalue weighted by molar-refractivity contribution is 7.98. The van der Waals surface area contributed by atoms with E-state index in [2.05, 4.69) is 34.7 Å². The van der Waals surface area contributed by atoms with Gasteiger partial charge in [-0.1, -0.05) is 50.1 Å². The molecule has 0 unspecified atom stereocenters. The molecule has 4 aromatic rings. The maximum Gasteiger partial charge on any atom is 0.258 e. The van der Waals surface area contributed by atoms with Crippen molar-refractivity contribution >= 4 is 39.1 Å². The highest BCUT2D eigenvalue weighted by atomic mass is 32.2. The molecule has 0 atom stereocenters. The molecule has 0 saturated heterocycles. The number of fused-ring (bicyclic) bond motifs is 2. The van der Waals surface area contributed by atoms with E-state index in [9.17, 15) is 4.79 Å². The van der Waals surface area contributed by atoms with Gasteiger partial charge in [0.15, 0.2) is 10.1 Å². The van der Waals surface area contributed by atoms with Gasteiger partial charge in [0.1, 0.15) is 0 Å². The van der Waals surface area contributed by atoms with Crippen LogP contribution in [0.2, 0.25) is 0 Å². The van der Waals surface area contributed by atoms with Crippen molar-refractivity contribution in [1.82, 2.24) is 18.9 Å². The summed E-state index contributed by atoms with van der Waals surface area (Å²) in [6.07, 6.45) is 6.66. The van der Waals surface area contributed by atoms with Crippen molar-refractivity contribution < 1.29 is 0 Å². The van der Waals surface area contributed by atoms with Crippen molar-refractivity contribution in [2.75, 3.05) is 0 Å². The lowest BCUT2D eigenvalue weighted by molar-refractivity contribution is 0.563. The normalized spacial score (nSPS) is 11.6. The zero-order valence-corrected chi connectivity index (χ0v) is 16.9. The van der Waals surface area contributed by atoms with Gasteiger partial charge in [-0.05, 0) is 18.6 Å². The molecule has 140 valence electrons. The van der Waals surface area contributed by atoms with Gasteiger partial charge < -0.3 is 4.57 Å². The number of nitrogens with zero attached hydrogens (tertiary/aromatic N) is 4. The van der Waals surface area contributed by atoms with Crippen molar-refractivity contribution in [2.24, 2.45) is 0 Å². The maximum atomic E-state index is 12.2. The average Bonchev–Trinajstić information content (AvgIpc) is 3.28. The van der Waals surface area contributed by atoms with Gasteiger partial charge in [0, 0.05) is 29.9 Å². The fourth-order valence-corrected chi connectivity index (χ4v) is 4.85. The summed E-state index contributed by atoms with van der Waals surface area (Å²) in [5.41, 5.74) is 2.98. The number of para-hydroxylation sites is 2. The van der Waals surface area contributed by atoms with Crippen LogP contribution < -0.4 is 5.56 Å². The number of hydrogen-bond acceptors (Lipinski definition) is 5. The van der Waals surface area contributed by atoms with Gasteiger partial charge in [0.05, 0.1) is 16.7 Å². The minimum Gasteiger partial charge on any atom is -0.319 e. The summed E-state index contributed by atoms with van der Waals surface area (Å²) in [5, 5.41) is 2.89. The largest absolute Gasteiger partial charge is 0.319 e. The fourth-order valence-electron chi connectivity index (χ4n) is 3.18. The van der Waals surface area contributed by atoms with Crippen molar-refractivity contribution in [3.05, 3.63) is 58.0 Å². The van der Waals surface area contributed by atoms with Crippen LogP contribution in [-0.4, -0.2) is 18.9 Å². The molecular formula is C20H22N4OS2. The van der Waals surface area contributed by atoms with Gasteiger partial charge in [0.25, 0.3) is 5.56 Å². The predicted molar refractivity (Wildman–Crippen MR) is 113 cm³/mol. The molecule has 4 rings (SSSR count). The van der Waals surface area contributed by atoms with Crippen LogP contribution in [0, 0.1) is 0 Å². The van der Waals surface area contributed by atoms with Gasteiger partial charge in [-0.3, -0.25) is 9.20 Å². The smallest absolute Gasteiger partial charge is 0.258 e. The number of imidazole rings is 1. The molecule has 27 heavy (non-hydrogen) atoms. The summed E-state index contributed by atoms with van der Waals surface area (Å²) >= 11 is 3.14. The van der Waals surface area contributed by atoms with Crippen molar-refractivity contribution in [2.45, 2.75) is 50.1 Å². The summed E-state index contributed by atoms with van der Waals surface area (Å²) in [7, 11) is 0. The first kappa shape index (κ1) is 18.3. The molecule has 5 nitrogen and oxygen atoms in total. The average molecular weight is 399 g/mol. The van der Waals surface area contributed by atoms with E-state index in [1.54, 1.807) is 28.4 Å². The molecular weight excluding hydrogens is 376 g/mol. The zero-order valence-electron chi connectivity index (χ0n) is 15.3. The van der Waals surface area contributed by atoms with E-state index in [1.165, 1.54) is 36.1 Å². The Morgan fingerprint density at radius 3 is 2.93 bits per heavy atom. The van der Waals surface area contributed by atoms with Crippen molar-refractivity contribution in [3.8, 4) is 0 Å². The number of benzene rings is 1. The molecule has 1 aromatic carbocycles. The maximum absolute atomic E-state index is 12.2. The summed E-state index contributed by atoms with van der Waals surface area (Å²) in [6, 6.07) is 9.91. The van der Waals surface area contributed by atoms with Crippen LogP contribution in [0.5, 0.6) is 0 Å². The molecule has 3 aromatic heterocycles. The molecule has 0 aliphatic heterocycles. The van der Waals surface area contributed by atoms with Crippen LogP contribution in [0.3, 0.4) is 0 Å². The molecule has 0 amide bonds. The summed E-state index contributed by atoms with van der Waals surface area (Å²) in [6.45, 7) is 3.21. The van der Waals surface area contributed by atoms with Crippen LogP contribution in [0.1, 0.15) is 38.3 Å². The first-order valence-corrected chi connectivity index (χ1v) is 11.2. The molecule has 0 saturated carbocycles. The van der Waals surface area contributed by atoms with Crippen LogP contribution in [0.25, 0.3) is 16.0 Å². The highest BCUT2D eigenvalue weighted by Crippen LogP contribution is 2.27. The zero-order chi connectivity index (χ0) is 18.6. The topological polar surface area (TPSA) is 52.2 Å². The van der Waals surface area contributed by atoms with Gasteiger partial charge in [0.2, 0.25) is 0 Å². The number of hydrogen-bond donors (Lipinski definition) is 0. The lowest BCUT2D eigenvalue weighted by atomic mass is 10.2. The molecule has 0 fully saturated rings. The Balaban J connectivity index is 1.57. The standard InChI is InChI=1S/C20H22N4OS2/c1-2-3-4-7-10-23-17-9-6-5-8-16(17)22-20(23)27-14-15-13-18(25)24-11-12-26-19(24)21-15/h5-6,8-9,11-13H,2-4,7,10,14H2,1H3. The molecule has 0 aliphatic carbocycles. The monoisotopic (exact) mass is 398 g/mol. The number of aromatic nitrogens is 4. The number of rotatable bonds is 8. The summed E-state index contributed by atoms with van der Waals surface area (Å²) in [4.78, 5) is 22.3. The molecule has 0 spiro atoms. The predicted octanol–water partition coefficient (Wildman–Crippen LogP) is 4.98. The van der Waals surface area contributed by atoms with E-state index < -0.39 is 0 Å². The third-order valence-corrected chi connectivity index (χ3v) is 6.33. The van der Waals surface area contributed by atoms with E-state index >= 15 is 0 Å². The minimum absolute atomic E-state index is 0.0232. The van der Waals surface area contributed by atoms with Crippen LogP contribution in [-0.2, 0) is 12.3 Å². The number of thiazole rings is 1. The second-order valence-corrected chi connectivity index (χ2v) is 8.34. The quantitative estimate of drug-likeness (QED) is 0.310. The first-order chi connectivity index (χ1) is 13.3. The second-order valence-electron chi connectivity index (χ2n) is 6.53. The van der Waals surface area contributed by atoms with Gasteiger partial charge in [-0.2, -0.15) is 0 Å². The number of thioether (sulfide) groups is 1. The molecule has 0 radical (unpaired) electrons. The van der Waals surface area contributed by atoms with Crippen LogP contribution >= 0.6 is 23.1 Å². The molecule has 0 bridgehead atoms. The van der Waals surface area contributed by atoms with E-state index in [0.29, 0.717) is 5.75 Å². The Hall–Kier alpha value is -2.12. The summed E-state index contributed by atoms with van der Waals surface area (Å²) < 4.78 is 3.90. The van der Waals surface area contributed by atoms with Gasteiger partial charge in [-0.25, -0.2) is 9.97 Å². The van der Waals surface area contributed by atoms with E-state index in [0.717, 1.165) is 34.3 Å². The van der Waals surface area contributed by atoms with E-state index in [1.807, 2.05) is 11.4 Å². The molecule has 7 heteroatoms. The Labute approximate surface area is 166 Å². The SMILES string of the molecule is CCCCCCn1c(SCc2cc(=O)n3ccsc3n2)nc2ccccc21. The van der Waals surface area contributed by atoms with Gasteiger partial charge >= 0.3 is 0 Å². The van der Waals surface area contributed by atoms with E-state index in [-0.39, 0.29) is 5.56 Å². The highest BCUT2D eigenvalue weighted by Gasteiger charge is 2.12. The first-order valence-electron chi connectivity index (χ1n) is 9.30. The Morgan fingerprint density at radius 2 is 2.04 bits per heavy atom. The Kier molecular flexibility index (Phi) is 5.59. The lowest BCUT2D eigenvalue weighted by Crippen LogP contribution is -2.12. The minimum atomic E-state index is -0.0232. The molecule has 3 heterocycles. The molecule has 0 N–H and O–H groups in total. The summed E-state index contributed by atoms with van der Waals surface area (Å²) in [5.74, 6) is 0.641. The lowest BCUT2D eigenvalue weighted by Gasteiger charge is -2.08. The third kappa shape index (κ3) is 3.94. The Morgan fingerprint density at radius 1 is 1.15 bits per heavy atom. The third-order valence-electron chi connectivity index (χ3n) is 4.56. The molecule has 0 aliphatic rings. The second kappa shape index (κ2) is 8.27. The van der Waals surface area contributed by atoms with E-state index in [4.69, 9.17) is 4.98 Å². The Bertz CT molecular complexity index is 1110. The van der Waals surface area contributed by atoms with Gasteiger partial charge in [-0.15, -0.1) is 11.3 Å². The van der Waals surface area contributed by atoms with Crippen LogP contribution in [0.4, 0.5) is 0 Å². The van der Waals surface area contributed by atoms with Crippen molar-refractivity contribution in [3.63, 3.8) is 0 Å². The number of aryl methyl sites for hydroxylation is 1. The fraction of sp³-hybridized carbons (Fsp3) is 0.350.